The van der Waals surface area contributed by atoms with Gasteiger partial charge in [0, 0.05) is 0 Å². The summed E-state index contributed by atoms with van der Waals surface area (Å²) in [5, 5.41) is 8.67. The minimum Gasteiger partial charge on any atom is -0.393 e. The van der Waals surface area contributed by atoms with Crippen molar-refractivity contribution >= 4 is 0 Å². The lowest BCUT2D eigenvalue weighted by Crippen LogP contribution is -1.95. The van der Waals surface area contributed by atoms with Crippen molar-refractivity contribution in [3.8, 4) is 0 Å². The zero-order valence-electron chi connectivity index (χ0n) is 3.72. The van der Waals surface area contributed by atoms with Crippen molar-refractivity contribution < 1.29 is 5.11 Å². The third kappa shape index (κ3) is 0.716. The van der Waals surface area contributed by atoms with Crippen LogP contribution in [0.1, 0.15) is 19.3 Å². The van der Waals surface area contributed by atoms with Gasteiger partial charge in [0.1, 0.15) is 0 Å². The van der Waals surface area contributed by atoms with Crippen molar-refractivity contribution in [2.24, 2.45) is 0 Å². The van der Waals surface area contributed by atoms with E-state index in [1.165, 1.54) is 6.42 Å². The van der Waals surface area contributed by atoms with Crippen LogP contribution < -0.4 is 0 Å². The SMILES string of the molecule is O[C@@H]1[CH]CCC1. The Labute approximate surface area is 38.0 Å². The lowest BCUT2D eigenvalue weighted by atomic mass is 10.3. The zero-order valence-corrected chi connectivity index (χ0v) is 3.72. The normalized spacial score (nSPS) is 25.5. The highest BCUT2D eigenvalue weighted by Crippen LogP contribution is 2.15. The van der Waals surface area contributed by atoms with E-state index in [4.69, 9.17) is 5.11 Å². The highest BCUT2D eigenvalue weighted by molar-refractivity contribution is 4.81. The quantitative estimate of drug-likeness (QED) is 0.460. The molecule has 1 nitrogen and oxygen atoms in total. The van der Waals surface area contributed by atoms with Crippen LogP contribution in [0.5, 0.6) is 0 Å². The van der Waals surface area contributed by atoms with Gasteiger partial charge in [0.2, 0.25) is 0 Å². The summed E-state index contributed by atoms with van der Waals surface area (Å²) in [5.41, 5.74) is 0. The maximum Gasteiger partial charge on any atom is 0.0572 e. The molecule has 0 saturated heterocycles. The molecule has 1 aliphatic rings. The topological polar surface area (TPSA) is 20.2 Å². The molecule has 0 aliphatic heterocycles. The molecule has 1 saturated carbocycles. The van der Waals surface area contributed by atoms with Crippen LogP contribution in [-0.4, -0.2) is 11.2 Å². The minimum atomic E-state index is -0.0787. The van der Waals surface area contributed by atoms with E-state index in [0.717, 1.165) is 12.8 Å². The van der Waals surface area contributed by atoms with Crippen LogP contribution in [0.2, 0.25) is 0 Å². The second-order valence-corrected chi connectivity index (χ2v) is 1.73. The molecule has 0 aromatic rings. The van der Waals surface area contributed by atoms with Crippen molar-refractivity contribution in [3.63, 3.8) is 0 Å². The summed E-state index contributed by atoms with van der Waals surface area (Å²) >= 11 is 0. The Balaban J connectivity index is 2.18. The van der Waals surface area contributed by atoms with E-state index < -0.39 is 0 Å². The predicted octanol–water partition coefficient (Wildman–Crippen LogP) is 0.735. The molecule has 0 aromatic carbocycles. The fraction of sp³-hybridized carbons (Fsp3) is 0.800. The van der Waals surface area contributed by atoms with E-state index in [-0.39, 0.29) is 6.10 Å². The van der Waals surface area contributed by atoms with E-state index in [9.17, 15) is 0 Å². The van der Waals surface area contributed by atoms with E-state index in [1.54, 1.807) is 0 Å². The summed E-state index contributed by atoms with van der Waals surface area (Å²) in [7, 11) is 0. The standard InChI is InChI=1S/C5H9O/c6-5-3-1-2-4-5/h3,5-6H,1-2,4H2/t5-/m1/s1. The molecule has 1 aliphatic carbocycles. The summed E-state index contributed by atoms with van der Waals surface area (Å²) in [6, 6.07) is 0. The van der Waals surface area contributed by atoms with Gasteiger partial charge in [-0.15, -0.1) is 0 Å². The lowest BCUT2D eigenvalue weighted by molar-refractivity contribution is 0.215. The van der Waals surface area contributed by atoms with Gasteiger partial charge in [-0.2, -0.15) is 0 Å². The average molecular weight is 85.1 g/mol. The van der Waals surface area contributed by atoms with Crippen molar-refractivity contribution in [1.82, 2.24) is 0 Å². The first-order valence-electron chi connectivity index (χ1n) is 2.41. The fourth-order valence-electron chi connectivity index (χ4n) is 0.755. The van der Waals surface area contributed by atoms with Gasteiger partial charge in [-0.25, -0.2) is 0 Å². The minimum absolute atomic E-state index is 0.0787. The number of hydrogen-bond acceptors (Lipinski definition) is 1. The molecular weight excluding hydrogens is 76.1 g/mol. The molecule has 0 bridgehead atoms. The van der Waals surface area contributed by atoms with Crippen LogP contribution >= 0.6 is 0 Å². The second-order valence-electron chi connectivity index (χ2n) is 1.73. The Morgan fingerprint density at radius 2 is 2.50 bits per heavy atom. The molecule has 1 atom stereocenters. The summed E-state index contributed by atoms with van der Waals surface area (Å²) in [6.07, 6.45) is 5.16. The van der Waals surface area contributed by atoms with Crippen LogP contribution in [0, 0.1) is 6.42 Å². The van der Waals surface area contributed by atoms with Crippen molar-refractivity contribution in [2.45, 2.75) is 25.4 Å². The van der Waals surface area contributed by atoms with Gasteiger partial charge in [-0.05, 0) is 19.3 Å². The summed E-state index contributed by atoms with van der Waals surface area (Å²) < 4.78 is 0. The molecule has 0 unspecified atom stereocenters. The Bertz CT molecular complexity index is 37.2. The molecule has 6 heavy (non-hydrogen) atoms. The van der Waals surface area contributed by atoms with Crippen LogP contribution in [0.25, 0.3) is 0 Å². The summed E-state index contributed by atoms with van der Waals surface area (Å²) in [5.74, 6) is 0. The van der Waals surface area contributed by atoms with Crippen molar-refractivity contribution in [2.75, 3.05) is 0 Å². The summed E-state index contributed by atoms with van der Waals surface area (Å²) in [6.45, 7) is 0. The Morgan fingerprint density at radius 1 is 1.67 bits per heavy atom. The van der Waals surface area contributed by atoms with Gasteiger partial charge in [-0.1, -0.05) is 6.42 Å². The third-order valence-corrected chi connectivity index (χ3v) is 1.14. The van der Waals surface area contributed by atoms with Gasteiger partial charge in [0.15, 0.2) is 0 Å². The van der Waals surface area contributed by atoms with Crippen molar-refractivity contribution in [1.29, 1.82) is 0 Å². The first kappa shape index (κ1) is 4.13. The fourth-order valence-corrected chi connectivity index (χ4v) is 0.755. The molecule has 1 radical (unpaired) electrons. The number of aliphatic hydroxyl groups is 1. The van der Waals surface area contributed by atoms with E-state index in [1.807, 2.05) is 6.42 Å². The van der Waals surface area contributed by atoms with Crippen LogP contribution in [0.15, 0.2) is 0 Å². The third-order valence-electron chi connectivity index (χ3n) is 1.14. The second kappa shape index (κ2) is 1.61. The maximum atomic E-state index is 8.67. The Kier molecular flexibility index (Phi) is 1.10. The number of aliphatic hydroxyl groups excluding tert-OH is 1. The van der Waals surface area contributed by atoms with E-state index in [2.05, 4.69) is 0 Å². The smallest absolute Gasteiger partial charge is 0.0572 e. The molecule has 1 N–H and O–H groups in total. The first-order valence-corrected chi connectivity index (χ1v) is 2.41. The highest BCUT2D eigenvalue weighted by atomic mass is 16.3. The van der Waals surface area contributed by atoms with Gasteiger partial charge in [-0.3, -0.25) is 0 Å². The van der Waals surface area contributed by atoms with Crippen molar-refractivity contribution in [3.05, 3.63) is 6.42 Å². The van der Waals surface area contributed by atoms with E-state index >= 15 is 0 Å². The molecule has 0 amide bonds. The monoisotopic (exact) mass is 85.1 g/mol. The summed E-state index contributed by atoms with van der Waals surface area (Å²) in [4.78, 5) is 0. The zero-order chi connectivity index (χ0) is 4.41. The highest BCUT2D eigenvalue weighted by Gasteiger charge is 2.09. The average Bonchev–Trinajstić information content (AvgIpc) is 1.86. The van der Waals surface area contributed by atoms with Crippen LogP contribution in [0.4, 0.5) is 0 Å². The molecule has 1 fully saturated rings. The lowest BCUT2D eigenvalue weighted by Gasteiger charge is -1.90. The molecule has 0 heterocycles. The molecule has 0 aromatic heterocycles. The molecule has 0 spiro atoms. The Hall–Kier alpha value is -0.0400. The Morgan fingerprint density at radius 3 is 2.67 bits per heavy atom. The van der Waals surface area contributed by atoms with E-state index in [0.29, 0.717) is 0 Å². The molecule has 1 rings (SSSR count). The van der Waals surface area contributed by atoms with Gasteiger partial charge in [0.05, 0.1) is 6.10 Å². The maximum absolute atomic E-state index is 8.67. The van der Waals surface area contributed by atoms with Gasteiger partial charge < -0.3 is 5.11 Å². The van der Waals surface area contributed by atoms with Crippen LogP contribution in [0.3, 0.4) is 0 Å². The molecule has 1 heteroatoms. The number of rotatable bonds is 0. The van der Waals surface area contributed by atoms with Gasteiger partial charge in [0.25, 0.3) is 0 Å². The predicted molar refractivity (Wildman–Crippen MR) is 24.2 cm³/mol. The largest absolute Gasteiger partial charge is 0.393 e. The molecule has 35 valence electrons. The molecular formula is C5H9O. The number of hydrogen-bond donors (Lipinski definition) is 1. The first-order chi connectivity index (χ1) is 2.89. The van der Waals surface area contributed by atoms with Gasteiger partial charge >= 0.3 is 0 Å². The van der Waals surface area contributed by atoms with Crippen LogP contribution in [-0.2, 0) is 0 Å².